The van der Waals surface area contributed by atoms with Crippen LogP contribution in [0.1, 0.15) is 13.3 Å². The van der Waals surface area contributed by atoms with Gasteiger partial charge in [0.25, 0.3) is 0 Å². The van der Waals surface area contributed by atoms with E-state index in [0.29, 0.717) is 11.0 Å². The Hall–Kier alpha value is -0.980. The highest BCUT2D eigenvalue weighted by Gasteiger charge is 2.11. The fourth-order valence-corrected chi connectivity index (χ4v) is 2.04. The van der Waals surface area contributed by atoms with Crippen LogP contribution in [0.15, 0.2) is 22.7 Å². The highest BCUT2D eigenvalue weighted by atomic mass is 79.9. The zero-order valence-electron chi connectivity index (χ0n) is 10.8. The maximum absolute atomic E-state index is 13.5. The lowest BCUT2D eigenvalue weighted by molar-refractivity contribution is -0.117. The number of hydrogen-bond donors (Lipinski definition) is 2. The molecule has 0 aromatic heterocycles. The maximum atomic E-state index is 13.5. The average Bonchev–Trinajstić information content (AvgIpc) is 2.33. The molecule has 0 aliphatic carbocycles. The van der Waals surface area contributed by atoms with Crippen LogP contribution in [0, 0.1) is 5.82 Å². The quantitative estimate of drug-likeness (QED) is 0.805. The van der Waals surface area contributed by atoms with Crippen molar-refractivity contribution in [3.63, 3.8) is 0 Å². The number of aliphatic hydroxyl groups excluding tert-OH is 1. The molecule has 1 rings (SSSR count). The average molecular weight is 333 g/mol. The van der Waals surface area contributed by atoms with Crippen molar-refractivity contribution in [1.29, 1.82) is 0 Å². The molecule has 0 spiro atoms. The zero-order valence-corrected chi connectivity index (χ0v) is 12.4. The van der Waals surface area contributed by atoms with Gasteiger partial charge >= 0.3 is 0 Å². The molecule has 0 aliphatic heterocycles. The summed E-state index contributed by atoms with van der Waals surface area (Å²) in [5, 5.41) is 11.4. The Morgan fingerprint density at radius 1 is 1.47 bits per heavy atom. The number of nitrogens with one attached hydrogen (secondary N) is 1. The van der Waals surface area contributed by atoms with E-state index in [4.69, 9.17) is 5.11 Å². The third kappa shape index (κ3) is 5.67. The third-order valence-corrected chi connectivity index (χ3v) is 3.02. The monoisotopic (exact) mass is 332 g/mol. The van der Waals surface area contributed by atoms with E-state index in [1.165, 1.54) is 12.1 Å². The molecule has 19 heavy (non-hydrogen) atoms. The van der Waals surface area contributed by atoms with E-state index in [0.717, 1.165) is 13.0 Å². The van der Waals surface area contributed by atoms with Crippen LogP contribution >= 0.6 is 15.9 Å². The first-order valence-corrected chi connectivity index (χ1v) is 6.94. The van der Waals surface area contributed by atoms with Crippen LogP contribution in [0.2, 0.25) is 0 Å². The largest absolute Gasteiger partial charge is 0.395 e. The molecule has 0 bridgehead atoms. The predicted molar refractivity (Wildman–Crippen MR) is 76.5 cm³/mol. The van der Waals surface area contributed by atoms with Gasteiger partial charge in [0.15, 0.2) is 0 Å². The summed E-state index contributed by atoms with van der Waals surface area (Å²) >= 11 is 3.16. The molecular weight excluding hydrogens is 315 g/mol. The number of amides is 1. The molecule has 1 aromatic carbocycles. The molecule has 1 aromatic rings. The molecule has 2 N–H and O–H groups in total. The van der Waals surface area contributed by atoms with Gasteiger partial charge in [0, 0.05) is 11.0 Å². The van der Waals surface area contributed by atoms with Gasteiger partial charge < -0.3 is 10.4 Å². The van der Waals surface area contributed by atoms with E-state index in [2.05, 4.69) is 21.2 Å². The van der Waals surface area contributed by atoms with Gasteiger partial charge in [0.2, 0.25) is 5.91 Å². The Bertz CT molecular complexity index is 423. The number of hydrogen-bond acceptors (Lipinski definition) is 3. The van der Waals surface area contributed by atoms with Gasteiger partial charge in [-0.3, -0.25) is 9.69 Å². The van der Waals surface area contributed by atoms with E-state index in [1.807, 2.05) is 11.8 Å². The zero-order chi connectivity index (χ0) is 14.3. The SMILES string of the molecule is CCCN(CCO)CC(=O)Nc1ccc(Br)cc1F. The Balaban J connectivity index is 2.58. The topological polar surface area (TPSA) is 52.6 Å². The fourth-order valence-electron chi connectivity index (χ4n) is 1.71. The highest BCUT2D eigenvalue weighted by Crippen LogP contribution is 2.19. The summed E-state index contributed by atoms with van der Waals surface area (Å²) in [4.78, 5) is 13.6. The number of anilines is 1. The highest BCUT2D eigenvalue weighted by molar-refractivity contribution is 9.10. The minimum atomic E-state index is -0.480. The number of aliphatic hydroxyl groups is 1. The molecule has 4 nitrogen and oxygen atoms in total. The number of benzene rings is 1. The standard InChI is InChI=1S/C13H18BrFN2O2/c1-2-5-17(6-7-18)9-13(19)16-12-4-3-10(14)8-11(12)15/h3-4,8,18H,2,5-7,9H2,1H3,(H,16,19). The van der Waals surface area contributed by atoms with Gasteiger partial charge in [-0.2, -0.15) is 0 Å². The van der Waals surface area contributed by atoms with Crippen molar-refractivity contribution in [3.05, 3.63) is 28.5 Å². The minimum absolute atomic E-state index is 0.0000745. The molecule has 0 heterocycles. The summed E-state index contributed by atoms with van der Waals surface area (Å²) in [6, 6.07) is 4.47. The molecule has 106 valence electrons. The van der Waals surface area contributed by atoms with Crippen molar-refractivity contribution in [2.45, 2.75) is 13.3 Å². The van der Waals surface area contributed by atoms with Gasteiger partial charge in [0.1, 0.15) is 5.82 Å². The normalized spacial score (nSPS) is 10.8. The Labute approximate surface area is 120 Å². The van der Waals surface area contributed by atoms with Gasteiger partial charge in [-0.1, -0.05) is 22.9 Å². The summed E-state index contributed by atoms with van der Waals surface area (Å²) in [5.74, 6) is -0.768. The number of halogens is 2. The fraction of sp³-hybridized carbons (Fsp3) is 0.462. The first-order valence-electron chi connectivity index (χ1n) is 6.15. The Morgan fingerprint density at radius 3 is 2.79 bits per heavy atom. The van der Waals surface area contributed by atoms with Crippen LogP contribution < -0.4 is 5.32 Å². The molecule has 6 heteroatoms. The molecule has 0 aliphatic rings. The number of carbonyl (C=O) groups is 1. The van der Waals surface area contributed by atoms with E-state index in [9.17, 15) is 9.18 Å². The lowest BCUT2D eigenvalue weighted by Crippen LogP contribution is -2.35. The summed E-state index contributed by atoms with van der Waals surface area (Å²) in [6.07, 6.45) is 0.889. The second-order valence-corrected chi connectivity index (χ2v) is 5.09. The summed E-state index contributed by atoms with van der Waals surface area (Å²) in [7, 11) is 0. The Morgan fingerprint density at radius 2 is 2.21 bits per heavy atom. The predicted octanol–water partition coefficient (Wildman–Crippen LogP) is 2.23. The summed E-state index contributed by atoms with van der Waals surface area (Å²) < 4.78 is 14.2. The number of rotatable bonds is 7. The van der Waals surface area contributed by atoms with Crippen LogP contribution in [0.4, 0.5) is 10.1 Å². The lowest BCUT2D eigenvalue weighted by Gasteiger charge is -2.19. The summed E-state index contributed by atoms with van der Waals surface area (Å²) in [6.45, 7) is 3.29. The van der Waals surface area contributed by atoms with Crippen molar-refractivity contribution < 1.29 is 14.3 Å². The lowest BCUT2D eigenvalue weighted by atomic mass is 10.3. The number of nitrogens with zero attached hydrogens (tertiary/aromatic N) is 1. The first kappa shape index (κ1) is 16.1. The third-order valence-electron chi connectivity index (χ3n) is 2.53. The van der Waals surface area contributed by atoms with Crippen molar-refractivity contribution in [2.24, 2.45) is 0 Å². The van der Waals surface area contributed by atoms with Crippen molar-refractivity contribution in [2.75, 3.05) is 31.6 Å². The van der Waals surface area contributed by atoms with E-state index in [1.54, 1.807) is 6.07 Å². The van der Waals surface area contributed by atoms with Crippen molar-refractivity contribution in [3.8, 4) is 0 Å². The van der Waals surface area contributed by atoms with Gasteiger partial charge in [-0.25, -0.2) is 4.39 Å². The van der Waals surface area contributed by atoms with Crippen molar-refractivity contribution in [1.82, 2.24) is 4.90 Å². The van der Waals surface area contributed by atoms with E-state index >= 15 is 0 Å². The molecule has 0 saturated heterocycles. The van der Waals surface area contributed by atoms with Crippen LogP contribution in [-0.4, -0.2) is 42.2 Å². The molecule has 0 unspecified atom stereocenters. The molecular formula is C13H18BrFN2O2. The summed E-state index contributed by atoms with van der Waals surface area (Å²) in [5.41, 5.74) is 0.161. The smallest absolute Gasteiger partial charge is 0.238 e. The van der Waals surface area contributed by atoms with Crippen molar-refractivity contribution >= 4 is 27.5 Å². The van der Waals surface area contributed by atoms with Crippen LogP contribution in [-0.2, 0) is 4.79 Å². The van der Waals surface area contributed by atoms with Crippen LogP contribution in [0.3, 0.4) is 0 Å². The molecule has 0 fully saturated rings. The molecule has 0 saturated carbocycles. The minimum Gasteiger partial charge on any atom is -0.395 e. The second-order valence-electron chi connectivity index (χ2n) is 4.17. The van der Waals surface area contributed by atoms with E-state index in [-0.39, 0.29) is 24.7 Å². The van der Waals surface area contributed by atoms with Crippen LogP contribution in [0.25, 0.3) is 0 Å². The molecule has 1 amide bonds. The van der Waals surface area contributed by atoms with Gasteiger partial charge in [-0.05, 0) is 31.2 Å². The van der Waals surface area contributed by atoms with Gasteiger partial charge in [-0.15, -0.1) is 0 Å². The number of carbonyl (C=O) groups excluding carboxylic acids is 1. The van der Waals surface area contributed by atoms with Gasteiger partial charge in [0.05, 0.1) is 18.8 Å². The molecule has 0 radical (unpaired) electrons. The van der Waals surface area contributed by atoms with E-state index < -0.39 is 5.82 Å². The first-order chi connectivity index (χ1) is 9.06. The van der Waals surface area contributed by atoms with Crippen LogP contribution in [0.5, 0.6) is 0 Å². The Kier molecular flexibility index (Phi) is 6.97. The second kappa shape index (κ2) is 8.24. The molecule has 0 atom stereocenters. The maximum Gasteiger partial charge on any atom is 0.238 e.